The van der Waals surface area contributed by atoms with Crippen molar-refractivity contribution in [1.29, 1.82) is 0 Å². The van der Waals surface area contributed by atoms with E-state index in [1.165, 1.54) is 5.56 Å². The number of rotatable bonds is 5. The van der Waals surface area contributed by atoms with Crippen LogP contribution in [0, 0.1) is 5.92 Å². The van der Waals surface area contributed by atoms with Crippen molar-refractivity contribution in [3.05, 3.63) is 77.9 Å². The average molecular weight is 335 g/mol. The van der Waals surface area contributed by atoms with E-state index in [1.54, 1.807) is 0 Å². The standard InChI is InChI=1S/C22H25NO2/c1-18-17-23(15-8-11-19-9-4-2-5-10-19)16-14-22(18,21(24)25)20-12-6-3-7-13-20/h2-13,18H,14-17H2,1H3,(H,24,25). The van der Waals surface area contributed by atoms with Crippen molar-refractivity contribution in [2.45, 2.75) is 18.8 Å². The van der Waals surface area contributed by atoms with Crippen molar-refractivity contribution in [3.63, 3.8) is 0 Å². The van der Waals surface area contributed by atoms with Gasteiger partial charge in [0, 0.05) is 13.1 Å². The lowest BCUT2D eigenvalue weighted by Gasteiger charge is -2.44. The van der Waals surface area contributed by atoms with Crippen molar-refractivity contribution in [2.75, 3.05) is 19.6 Å². The molecule has 2 aromatic carbocycles. The molecule has 0 aliphatic carbocycles. The Bertz CT molecular complexity index is 726. The number of piperidine rings is 1. The molecule has 1 N–H and O–H groups in total. The molecule has 0 amide bonds. The van der Waals surface area contributed by atoms with Crippen molar-refractivity contribution in [3.8, 4) is 0 Å². The second kappa shape index (κ2) is 7.66. The van der Waals surface area contributed by atoms with Gasteiger partial charge in [-0.3, -0.25) is 9.69 Å². The molecule has 25 heavy (non-hydrogen) atoms. The topological polar surface area (TPSA) is 40.5 Å². The van der Waals surface area contributed by atoms with Gasteiger partial charge in [0.25, 0.3) is 0 Å². The highest BCUT2D eigenvalue weighted by Gasteiger charge is 2.48. The minimum absolute atomic E-state index is 0.0614. The quantitative estimate of drug-likeness (QED) is 0.895. The van der Waals surface area contributed by atoms with Gasteiger partial charge in [-0.25, -0.2) is 0 Å². The second-order valence-corrected chi connectivity index (χ2v) is 6.87. The average Bonchev–Trinajstić information content (AvgIpc) is 2.63. The third kappa shape index (κ3) is 3.67. The molecule has 1 saturated heterocycles. The lowest BCUT2D eigenvalue weighted by molar-refractivity contribution is -0.148. The molecule has 3 heteroatoms. The largest absolute Gasteiger partial charge is 0.481 e. The zero-order chi connectivity index (χ0) is 17.7. The van der Waals surface area contributed by atoms with Gasteiger partial charge in [0.05, 0.1) is 5.41 Å². The summed E-state index contributed by atoms with van der Waals surface area (Å²) >= 11 is 0. The van der Waals surface area contributed by atoms with Crippen LogP contribution in [-0.2, 0) is 10.2 Å². The predicted molar refractivity (Wildman–Crippen MR) is 101 cm³/mol. The van der Waals surface area contributed by atoms with Gasteiger partial charge in [0.1, 0.15) is 0 Å². The fraction of sp³-hybridized carbons (Fsp3) is 0.318. The summed E-state index contributed by atoms with van der Waals surface area (Å²) in [5, 5.41) is 9.99. The van der Waals surface area contributed by atoms with E-state index in [4.69, 9.17) is 0 Å². The van der Waals surface area contributed by atoms with Crippen molar-refractivity contribution >= 4 is 12.0 Å². The van der Waals surface area contributed by atoms with Crippen LogP contribution in [0.4, 0.5) is 0 Å². The third-order valence-corrected chi connectivity index (χ3v) is 5.34. The Morgan fingerprint density at radius 1 is 1.16 bits per heavy atom. The summed E-state index contributed by atoms with van der Waals surface area (Å²) in [7, 11) is 0. The van der Waals surface area contributed by atoms with Crippen LogP contribution in [-0.4, -0.2) is 35.6 Å². The molecule has 0 aromatic heterocycles. The maximum Gasteiger partial charge on any atom is 0.314 e. The Morgan fingerprint density at radius 2 is 1.80 bits per heavy atom. The van der Waals surface area contributed by atoms with Crippen LogP contribution < -0.4 is 0 Å². The fourth-order valence-electron chi connectivity index (χ4n) is 3.89. The summed E-state index contributed by atoms with van der Waals surface area (Å²) in [5.74, 6) is -0.642. The van der Waals surface area contributed by atoms with Gasteiger partial charge >= 0.3 is 5.97 Å². The molecule has 3 rings (SSSR count). The molecule has 0 saturated carbocycles. The molecule has 2 atom stereocenters. The van der Waals surface area contributed by atoms with Crippen LogP contribution in [0.2, 0.25) is 0 Å². The Kier molecular flexibility index (Phi) is 5.34. The third-order valence-electron chi connectivity index (χ3n) is 5.34. The van der Waals surface area contributed by atoms with E-state index in [-0.39, 0.29) is 5.92 Å². The van der Waals surface area contributed by atoms with Crippen LogP contribution in [0.3, 0.4) is 0 Å². The summed E-state index contributed by atoms with van der Waals surface area (Å²) in [6.45, 7) is 4.50. The number of nitrogens with zero attached hydrogens (tertiary/aromatic N) is 1. The minimum atomic E-state index is -0.777. The molecule has 3 nitrogen and oxygen atoms in total. The number of aliphatic carboxylic acids is 1. The highest BCUT2D eigenvalue weighted by molar-refractivity contribution is 5.82. The van der Waals surface area contributed by atoms with Crippen LogP contribution in [0.15, 0.2) is 66.7 Å². The number of hydrogen-bond donors (Lipinski definition) is 1. The highest BCUT2D eigenvalue weighted by Crippen LogP contribution is 2.40. The second-order valence-electron chi connectivity index (χ2n) is 6.87. The van der Waals surface area contributed by atoms with Gasteiger partial charge in [-0.2, -0.15) is 0 Å². The van der Waals surface area contributed by atoms with E-state index in [0.29, 0.717) is 6.42 Å². The fourth-order valence-corrected chi connectivity index (χ4v) is 3.89. The van der Waals surface area contributed by atoms with Crippen molar-refractivity contribution in [2.24, 2.45) is 5.92 Å². The number of carbonyl (C=O) groups is 1. The lowest BCUT2D eigenvalue weighted by atomic mass is 9.66. The SMILES string of the molecule is CC1CN(CC=Cc2ccccc2)CCC1(C(=O)O)c1ccccc1. The normalized spacial score (nSPS) is 24.4. The van der Waals surface area contributed by atoms with E-state index in [1.807, 2.05) is 48.5 Å². The van der Waals surface area contributed by atoms with Gasteiger partial charge < -0.3 is 5.11 Å². The minimum Gasteiger partial charge on any atom is -0.481 e. The van der Waals surface area contributed by atoms with E-state index in [2.05, 4.69) is 36.1 Å². The number of carboxylic acids is 1. The predicted octanol–water partition coefficient (Wildman–Crippen LogP) is 4.06. The Balaban J connectivity index is 1.69. The molecule has 1 heterocycles. The molecule has 2 aromatic rings. The van der Waals surface area contributed by atoms with E-state index < -0.39 is 11.4 Å². The van der Waals surface area contributed by atoms with E-state index in [0.717, 1.165) is 25.2 Å². The summed E-state index contributed by atoms with van der Waals surface area (Å²) < 4.78 is 0. The number of likely N-dealkylation sites (tertiary alicyclic amines) is 1. The maximum absolute atomic E-state index is 12.2. The molecule has 1 fully saturated rings. The summed E-state index contributed by atoms with van der Waals surface area (Å²) in [5.41, 5.74) is 1.34. The highest BCUT2D eigenvalue weighted by atomic mass is 16.4. The Morgan fingerprint density at radius 3 is 2.40 bits per heavy atom. The van der Waals surface area contributed by atoms with Gasteiger partial charge in [0.2, 0.25) is 0 Å². The van der Waals surface area contributed by atoms with Crippen molar-refractivity contribution < 1.29 is 9.90 Å². The summed E-state index contributed by atoms with van der Waals surface area (Å²) in [6, 6.07) is 20.0. The Labute approximate surface area is 149 Å². The zero-order valence-electron chi connectivity index (χ0n) is 14.6. The van der Waals surface area contributed by atoms with E-state index >= 15 is 0 Å². The molecule has 130 valence electrons. The number of hydrogen-bond acceptors (Lipinski definition) is 2. The Hall–Kier alpha value is -2.39. The van der Waals surface area contributed by atoms with Crippen LogP contribution in [0.5, 0.6) is 0 Å². The molecule has 0 spiro atoms. The van der Waals surface area contributed by atoms with Gasteiger partial charge in [0.15, 0.2) is 0 Å². The smallest absolute Gasteiger partial charge is 0.314 e. The van der Waals surface area contributed by atoms with Gasteiger partial charge in [-0.05, 0) is 30.0 Å². The van der Waals surface area contributed by atoms with E-state index in [9.17, 15) is 9.90 Å². The van der Waals surface area contributed by atoms with Crippen LogP contribution in [0.25, 0.3) is 6.08 Å². The molecular formula is C22H25NO2. The molecule has 1 aliphatic rings. The molecule has 1 aliphatic heterocycles. The number of carboxylic acid groups (broad SMARTS) is 1. The first kappa shape index (κ1) is 17.4. The molecule has 0 radical (unpaired) electrons. The zero-order valence-corrected chi connectivity index (χ0v) is 14.6. The molecule has 2 unspecified atom stereocenters. The summed E-state index contributed by atoms with van der Waals surface area (Å²) in [4.78, 5) is 14.5. The molecular weight excluding hydrogens is 310 g/mol. The maximum atomic E-state index is 12.2. The van der Waals surface area contributed by atoms with Gasteiger partial charge in [-0.15, -0.1) is 0 Å². The first-order chi connectivity index (χ1) is 12.1. The lowest BCUT2D eigenvalue weighted by Crippen LogP contribution is -2.53. The number of benzene rings is 2. The van der Waals surface area contributed by atoms with Gasteiger partial charge in [-0.1, -0.05) is 79.7 Å². The summed E-state index contributed by atoms with van der Waals surface area (Å²) in [6.07, 6.45) is 4.94. The first-order valence-corrected chi connectivity index (χ1v) is 8.86. The first-order valence-electron chi connectivity index (χ1n) is 8.86. The van der Waals surface area contributed by atoms with Crippen LogP contribution in [0.1, 0.15) is 24.5 Å². The van der Waals surface area contributed by atoms with Crippen LogP contribution >= 0.6 is 0 Å². The monoisotopic (exact) mass is 335 g/mol. The van der Waals surface area contributed by atoms with Crippen molar-refractivity contribution in [1.82, 2.24) is 4.90 Å². The molecule has 0 bridgehead atoms.